The number of piperidine rings is 1. The number of hydrogen-bond donors (Lipinski definition) is 1. The molecule has 3 fully saturated rings. The van der Waals surface area contributed by atoms with Crippen LogP contribution in [0.15, 0.2) is 36.4 Å². The Hall–Kier alpha value is -4.56. The van der Waals surface area contributed by atoms with Crippen molar-refractivity contribution in [2.45, 2.75) is 49.9 Å². The zero-order valence-electron chi connectivity index (χ0n) is 24.5. The molecule has 3 atom stereocenters. The van der Waals surface area contributed by atoms with Crippen LogP contribution < -0.4 is 14.4 Å². The summed E-state index contributed by atoms with van der Waals surface area (Å²) in [5.41, 5.74) is -0.250. The summed E-state index contributed by atoms with van der Waals surface area (Å²) in [6.07, 6.45) is 8.21. The van der Waals surface area contributed by atoms with Gasteiger partial charge in [-0.2, -0.15) is 9.97 Å². The summed E-state index contributed by atoms with van der Waals surface area (Å²) in [5.74, 6) is 1.24. The monoisotopic (exact) mass is 613 g/mol. The molecule has 0 radical (unpaired) electrons. The lowest BCUT2D eigenvalue weighted by molar-refractivity contribution is 0.0571. The van der Waals surface area contributed by atoms with Crippen molar-refractivity contribution in [1.29, 1.82) is 0 Å². The van der Waals surface area contributed by atoms with Crippen molar-refractivity contribution in [2.24, 2.45) is 0 Å². The Labute approximate surface area is 257 Å². The van der Waals surface area contributed by atoms with E-state index < -0.39 is 23.3 Å². The number of fused-ring (bicyclic) bond motifs is 4. The van der Waals surface area contributed by atoms with Gasteiger partial charge in [-0.25, -0.2) is 18.2 Å². The minimum Gasteiger partial charge on any atom is -0.508 e. The minimum atomic E-state index is -1.11. The molecule has 0 aliphatic carbocycles. The lowest BCUT2D eigenvalue weighted by Crippen LogP contribution is -2.49. The summed E-state index contributed by atoms with van der Waals surface area (Å²) in [5, 5.41) is 11.5. The topological polar surface area (TPSA) is 83.8 Å². The van der Waals surface area contributed by atoms with E-state index >= 15 is 8.78 Å². The summed E-state index contributed by atoms with van der Waals surface area (Å²) in [6.45, 7) is 6.23. The van der Waals surface area contributed by atoms with Gasteiger partial charge in [0.05, 0.1) is 17.1 Å². The summed E-state index contributed by atoms with van der Waals surface area (Å²) >= 11 is 0. The first-order valence-electron chi connectivity index (χ1n) is 15.2. The van der Waals surface area contributed by atoms with E-state index in [2.05, 4.69) is 32.3 Å². The predicted molar refractivity (Wildman–Crippen MR) is 163 cm³/mol. The fourth-order valence-electron chi connectivity index (χ4n) is 7.64. The van der Waals surface area contributed by atoms with Crippen molar-refractivity contribution < 1.29 is 27.8 Å². The molecule has 45 heavy (non-hydrogen) atoms. The molecule has 0 bridgehead atoms. The van der Waals surface area contributed by atoms with Gasteiger partial charge in [-0.1, -0.05) is 24.1 Å². The van der Waals surface area contributed by atoms with Crippen LogP contribution >= 0.6 is 0 Å². The molecule has 3 saturated heterocycles. The number of pyridine rings is 1. The lowest BCUT2D eigenvalue weighted by Gasteiger charge is -2.35. The molecule has 6 heterocycles. The molecule has 0 amide bonds. The number of halogens is 3. The summed E-state index contributed by atoms with van der Waals surface area (Å²) < 4.78 is 59.5. The van der Waals surface area contributed by atoms with Crippen LogP contribution in [0.4, 0.5) is 19.0 Å². The van der Waals surface area contributed by atoms with Crippen LogP contribution in [0.5, 0.6) is 17.6 Å². The smallest absolute Gasteiger partial charge is 0.319 e. The van der Waals surface area contributed by atoms with Gasteiger partial charge in [-0.3, -0.25) is 4.90 Å². The SMILES string of the molecule is C#Cc1c(F)ccc2cc(O)cc(-c3nc4c5c(nc(OC[C@]67CC(=C)CN6CC[C@H]7F)nc5c3F)N3CCCC[C@H]3CO4)c12. The van der Waals surface area contributed by atoms with Crippen molar-refractivity contribution in [3.63, 3.8) is 0 Å². The largest absolute Gasteiger partial charge is 0.508 e. The number of hydrogen-bond acceptors (Lipinski definition) is 8. The highest BCUT2D eigenvalue weighted by atomic mass is 19.1. The van der Waals surface area contributed by atoms with E-state index in [0.717, 1.165) is 24.8 Å². The van der Waals surface area contributed by atoms with E-state index in [9.17, 15) is 9.50 Å². The Morgan fingerprint density at radius 2 is 2.00 bits per heavy atom. The molecule has 4 aromatic rings. The Morgan fingerprint density at radius 1 is 1.13 bits per heavy atom. The number of aromatic nitrogens is 3. The molecular weight excluding hydrogens is 583 g/mol. The number of nitrogens with zero attached hydrogens (tertiary/aromatic N) is 5. The number of ether oxygens (including phenoxy) is 2. The molecule has 8 nitrogen and oxygen atoms in total. The van der Waals surface area contributed by atoms with Gasteiger partial charge in [0.1, 0.15) is 53.4 Å². The number of alkyl halides is 1. The molecule has 8 rings (SSSR count). The average molecular weight is 614 g/mol. The molecule has 2 aromatic heterocycles. The number of aromatic hydroxyl groups is 1. The zero-order valence-corrected chi connectivity index (χ0v) is 24.5. The third-order valence-electron chi connectivity index (χ3n) is 9.76. The Kier molecular flexibility index (Phi) is 6.36. The minimum absolute atomic E-state index is 0.0213. The van der Waals surface area contributed by atoms with E-state index in [1.807, 2.05) is 0 Å². The van der Waals surface area contributed by atoms with Crippen LogP contribution in [0, 0.1) is 24.0 Å². The molecule has 0 saturated carbocycles. The first-order valence-corrected chi connectivity index (χ1v) is 15.2. The molecule has 2 aromatic carbocycles. The lowest BCUT2D eigenvalue weighted by atomic mass is 9.92. The second-order valence-corrected chi connectivity index (χ2v) is 12.4. The van der Waals surface area contributed by atoms with Gasteiger partial charge in [0, 0.05) is 30.6 Å². The normalized spacial score (nSPS) is 24.3. The highest BCUT2D eigenvalue weighted by molar-refractivity contribution is 6.04. The van der Waals surface area contributed by atoms with Crippen LogP contribution in [-0.4, -0.2) is 75.6 Å². The highest BCUT2D eigenvalue weighted by Crippen LogP contribution is 2.46. The third kappa shape index (κ3) is 4.22. The van der Waals surface area contributed by atoms with Gasteiger partial charge in [0.25, 0.3) is 0 Å². The fraction of sp³-hybridized carbons (Fsp3) is 0.382. The molecule has 4 aliphatic rings. The molecule has 0 spiro atoms. The summed E-state index contributed by atoms with van der Waals surface area (Å²) in [7, 11) is 0. The first kappa shape index (κ1) is 28.0. The average Bonchev–Trinajstić information content (AvgIpc) is 3.46. The molecule has 230 valence electrons. The van der Waals surface area contributed by atoms with Gasteiger partial charge in [-0.05, 0) is 55.7 Å². The maximum atomic E-state index is 16.9. The second-order valence-electron chi connectivity index (χ2n) is 12.4. The number of phenolic OH excluding ortho intramolecular Hbond substituents is 1. The molecule has 4 aliphatic heterocycles. The van der Waals surface area contributed by atoms with E-state index in [1.54, 1.807) is 0 Å². The predicted octanol–water partition coefficient (Wildman–Crippen LogP) is 5.68. The molecular formula is C34H30F3N5O3. The molecule has 11 heteroatoms. The standard InChI is InChI=1S/C34H30F3N5O3/c1-3-22-24(35)8-7-19-12-21(43)13-23(26(19)22)29-28(37)30-27-31(42-10-5-4-6-20(42)16-44-32(27)38-29)40-33(39-30)45-17-34-14-18(2)15-41(34)11-9-25(34)36/h1,7-8,12-13,20,25,43H,2,4-6,9-11,14-17H2/t20-,25+,34-/m0/s1. The van der Waals surface area contributed by atoms with Gasteiger partial charge in [-0.15, -0.1) is 6.42 Å². The van der Waals surface area contributed by atoms with Gasteiger partial charge >= 0.3 is 6.01 Å². The first-order chi connectivity index (χ1) is 21.8. The quantitative estimate of drug-likeness (QED) is 0.233. The maximum Gasteiger partial charge on any atom is 0.319 e. The van der Waals surface area contributed by atoms with Gasteiger partial charge in [0.2, 0.25) is 5.88 Å². The van der Waals surface area contributed by atoms with Crippen LogP contribution in [0.3, 0.4) is 0 Å². The van der Waals surface area contributed by atoms with Crippen molar-refractivity contribution >= 4 is 27.5 Å². The van der Waals surface area contributed by atoms with E-state index in [-0.39, 0.29) is 64.6 Å². The van der Waals surface area contributed by atoms with Crippen molar-refractivity contribution in [1.82, 2.24) is 19.9 Å². The summed E-state index contributed by atoms with van der Waals surface area (Å²) in [6, 6.07) is 5.27. The number of phenols is 1. The number of anilines is 1. The molecule has 1 N–H and O–H groups in total. The highest BCUT2D eigenvalue weighted by Gasteiger charge is 2.54. The van der Waals surface area contributed by atoms with Gasteiger partial charge in [0.15, 0.2) is 5.82 Å². The van der Waals surface area contributed by atoms with Crippen LogP contribution in [0.1, 0.15) is 37.7 Å². The van der Waals surface area contributed by atoms with Crippen LogP contribution in [-0.2, 0) is 0 Å². The van der Waals surface area contributed by atoms with Crippen LogP contribution in [0.2, 0.25) is 0 Å². The van der Waals surface area contributed by atoms with Crippen LogP contribution in [0.25, 0.3) is 32.9 Å². The Morgan fingerprint density at radius 3 is 2.84 bits per heavy atom. The van der Waals surface area contributed by atoms with E-state index in [1.165, 1.54) is 24.3 Å². The van der Waals surface area contributed by atoms with Crippen molar-refractivity contribution in [2.75, 3.05) is 37.7 Å². The zero-order chi connectivity index (χ0) is 31.0. The molecule has 0 unspecified atom stereocenters. The summed E-state index contributed by atoms with van der Waals surface area (Å²) in [4.78, 5) is 18.0. The number of benzene rings is 2. The Balaban J connectivity index is 1.33. The van der Waals surface area contributed by atoms with Crippen molar-refractivity contribution in [3.8, 4) is 41.2 Å². The Bertz CT molecular complexity index is 1960. The number of rotatable bonds is 4. The second kappa shape index (κ2) is 10.2. The maximum absolute atomic E-state index is 16.9. The number of terminal acetylenes is 1. The fourth-order valence-corrected chi connectivity index (χ4v) is 7.64. The van der Waals surface area contributed by atoms with Gasteiger partial charge < -0.3 is 19.5 Å². The van der Waals surface area contributed by atoms with Crippen molar-refractivity contribution in [3.05, 3.63) is 53.6 Å². The van der Waals surface area contributed by atoms with E-state index in [0.29, 0.717) is 49.1 Å². The third-order valence-corrected chi connectivity index (χ3v) is 9.76. The van der Waals surface area contributed by atoms with E-state index in [4.69, 9.17) is 20.9 Å².